The van der Waals surface area contributed by atoms with Gasteiger partial charge in [0.1, 0.15) is 22.6 Å². The number of carbonyl (C=O) groups excluding carboxylic acids is 2. The first-order chi connectivity index (χ1) is 17.2. The standard InChI is InChI=1S/C26H28BrFN4O4/c1-5-30-26(35)31-13-19-11-20(28)9-8-18(19)14-36-22-10-16(3)32(25(34)23(22)27)21-12-17(24(33)29-4)7-6-15(21)2/h6-12H,5,13-14H2,1-4H3,(H,29,33)(H2,30,31,35). The van der Waals surface area contributed by atoms with E-state index in [0.29, 0.717) is 40.4 Å². The summed E-state index contributed by atoms with van der Waals surface area (Å²) in [5, 5.41) is 7.89. The number of amides is 3. The molecule has 3 amide bonds. The lowest BCUT2D eigenvalue weighted by atomic mass is 10.1. The maximum atomic E-state index is 13.8. The number of urea groups is 1. The molecular formula is C26H28BrFN4O4. The topological polar surface area (TPSA) is 101 Å². The average molecular weight is 559 g/mol. The van der Waals surface area contributed by atoms with Gasteiger partial charge in [-0.15, -0.1) is 0 Å². The number of pyridine rings is 1. The normalized spacial score (nSPS) is 10.6. The van der Waals surface area contributed by atoms with Crippen molar-refractivity contribution in [1.29, 1.82) is 0 Å². The van der Waals surface area contributed by atoms with Gasteiger partial charge >= 0.3 is 6.03 Å². The highest BCUT2D eigenvalue weighted by Gasteiger charge is 2.17. The van der Waals surface area contributed by atoms with Crippen molar-refractivity contribution >= 4 is 27.9 Å². The van der Waals surface area contributed by atoms with Crippen LogP contribution in [0.4, 0.5) is 9.18 Å². The molecule has 3 rings (SSSR count). The molecule has 1 aromatic heterocycles. The summed E-state index contributed by atoms with van der Waals surface area (Å²) in [5.41, 5.74) is 3.32. The highest BCUT2D eigenvalue weighted by atomic mass is 79.9. The molecule has 0 spiro atoms. The van der Waals surface area contributed by atoms with Crippen LogP contribution in [0, 0.1) is 19.7 Å². The van der Waals surface area contributed by atoms with Gasteiger partial charge in [-0.3, -0.25) is 14.2 Å². The van der Waals surface area contributed by atoms with Crippen LogP contribution in [0.3, 0.4) is 0 Å². The average Bonchev–Trinajstić information content (AvgIpc) is 2.85. The van der Waals surface area contributed by atoms with Crippen molar-refractivity contribution in [1.82, 2.24) is 20.5 Å². The van der Waals surface area contributed by atoms with Crippen molar-refractivity contribution in [2.24, 2.45) is 0 Å². The number of aryl methyl sites for hydroxylation is 2. The van der Waals surface area contributed by atoms with E-state index >= 15 is 0 Å². The van der Waals surface area contributed by atoms with Crippen molar-refractivity contribution < 1.29 is 18.7 Å². The first kappa shape index (κ1) is 26.9. The monoisotopic (exact) mass is 558 g/mol. The molecule has 36 heavy (non-hydrogen) atoms. The lowest BCUT2D eigenvalue weighted by Crippen LogP contribution is -2.35. The zero-order chi connectivity index (χ0) is 26.4. The molecule has 0 aliphatic rings. The smallest absolute Gasteiger partial charge is 0.315 e. The van der Waals surface area contributed by atoms with Gasteiger partial charge in [-0.2, -0.15) is 0 Å². The molecule has 8 nitrogen and oxygen atoms in total. The minimum Gasteiger partial charge on any atom is -0.487 e. The van der Waals surface area contributed by atoms with Crippen LogP contribution in [0.1, 0.15) is 39.7 Å². The number of hydrogen-bond donors (Lipinski definition) is 3. The number of nitrogens with one attached hydrogen (secondary N) is 3. The molecule has 3 N–H and O–H groups in total. The number of aromatic nitrogens is 1. The largest absolute Gasteiger partial charge is 0.487 e. The second-order valence-electron chi connectivity index (χ2n) is 8.10. The molecule has 0 bridgehead atoms. The molecule has 0 radical (unpaired) electrons. The summed E-state index contributed by atoms with van der Waals surface area (Å²) >= 11 is 3.36. The Morgan fingerprint density at radius 2 is 1.81 bits per heavy atom. The summed E-state index contributed by atoms with van der Waals surface area (Å²) in [4.78, 5) is 37.2. The number of nitrogens with zero attached hydrogens (tertiary/aromatic N) is 1. The minimum absolute atomic E-state index is 0.0549. The lowest BCUT2D eigenvalue weighted by Gasteiger charge is -2.18. The summed E-state index contributed by atoms with van der Waals surface area (Å²) in [6, 6.07) is 10.8. The molecule has 10 heteroatoms. The molecule has 0 unspecified atom stereocenters. The lowest BCUT2D eigenvalue weighted by molar-refractivity contribution is 0.0963. The van der Waals surface area contributed by atoms with Crippen LogP contribution in [-0.2, 0) is 13.2 Å². The van der Waals surface area contributed by atoms with Crippen LogP contribution in [-0.4, -0.2) is 30.1 Å². The third kappa shape index (κ3) is 6.12. The van der Waals surface area contributed by atoms with Crippen LogP contribution in [0.15, 0.2) is 51.7 Å². The van der Waals surface area contributed by atoms with Crippen LogP contribution >= 0.6 is 15.9 Å². The van der Waals surface area contributed by atoms with Crippen LogP contribution < -0.4 is 26.2 Å². The zero-order valence-electron chi connectivity index (χ0n) is 20.5. The van der Waals surface area contributed by atoms with Crippen LogP contribution in [0.5, 0.6) is 5.75 Å². The Balaban J connectivity index is 1.89. The molecular weight excluding hydrogens is 531 g/mol. The van der Waals surface area contributed by atoms with E-state index in [2.05, 4.69) is 31.9 Å². The van der Waals surface area contributed by atoms with Crippen LogP contribution in [0.2, 0.25) is 0 Å². The predicted octanol–water partition coefficient (Wildman–Crippen LogP) is 4.11. The molecule has 2 aromatic carbocycles. The number of ether oxygens (including phenoxy) is 1. The van der Waals surface area contributed by atoms with E-state index in [1.165, 1.54) is 16.7 Å². The molecule has 0 saturated heterocycles. The number of benzene rings is 2. The number of rotatable bonds is 8. The quantitative estimate of drug-likeness (QED) is 0.387. The second kappa shape index (κ2) is 11.9. The van der Waals surface area contributed by atoms with Gasteiger partial charge in [0.2, 0.25) is 0 Å². The molecule has 3 aromatic rings. The minimum atomic E-state index is -0.430. The van der Waals surface area contributed by atoms with E-state index in [9.17, 15) is 18.8 Å². The highest BCUT2D eigenvalue weighted by Crippen LogP contribution is 2.27. The molecule has 0 fully saturated rings. The maximum Gasteiger partial charge on any atom is 0.315 e. The molecule has 1 heterocycles. The van der Waals surface area contributed by atoms with Gasteiger partial charge in [-0.25, -0.2) is 9.18 Å². The highest BCUT2D eigenvalue weighted by molar-refractivity contribution is 9.10. The Morgan fingerprint density at radius 1 is 1.06 bits per heavy atom. The maximum absolute atomic E-state index is 13.8. The Labute approximate surface area is 217 Å². The van der Waals surface area contributed by atoms with Gasteiger partial charge in [0.15, 0.2) is 0 Å². The third-order valence-corrected chi connectivity index (χ3v) is 6.30. The Morgan fingerprint density at radius 3 is 2.50 bits per heavy atom. The van der Waals surface area contributed by atoms with Gasteiger partial charge in [0, 0.05) is 37.5 Å². The fourth-order valence-corrected chi connectivity index (χ4v) is 4.08. The van der Waals surface area contributed by atoms with Gasteiger partial charge < -0.3 is 20.7 Å². The molecule has 0 aliphatic heterocycles. The Hall–Kier alpha value is -3.66. The summed E-state index contributed by atoms with van der Waals surface area (Å²) in [5.74, 6) is -0.362. The van der Waals surface area contributed by atoms with Gasteiger partial charge in [-0.1, -0.05) is 12.1 Å². The van der Waals surface area contributed by atoms with E-state index in [1.54, 1.807) is 51.2 Å². The second-order valence-corrected chi connectivity index (χ2v) is 8.89. The molecule has 190 valence electrons. The first-order valence-corrected chi connectivity index (χ1v) is 12.1. The number of hydrogen-bond acceptors (Lipinski definition) is 4. The van der Waals surface area contributed by atoms with E-state index in [-0.39, 0.29) is 35.1 Å². The number of halogens is 2. The van der Waals surface area contributed by atoms with Crippen molar-refractivity contribution in [3.63, 3.8) is 0 Å². The zero-order valence-corrected chi connectivity index (χ0v) is 22.1. The van der Waals surface area contributed by atoms with E-state index in [0.717, 1.165) is 5.56 Å². The molecule has 0 aliphatic carbocycles. The van der Waals surface area contributed by atoms with Crippen molar-refractivity contribution in [3.05, 3.63) is 91.1 Å². The first-order valence-electron chi connectivity index (χ1n) is 11.3. The third-order valence-electron chi connectivity index (χ3n) is 5.57. The summed E-state index contributed by atoms with van der Waals surface area (Å²) in [6.07, 6.45) is 0. The van der Waals surface area contributed by atoms with Crippen molar-refractivity contribution in [2.75, 3.05) is 13.6 Å². The number of carbonyl (C=O) groups is 2. The fourth-order valence-electron chi connectivity index (χ4n) is 3.68. The van der Waals surface area contributed by atoms with Gasteiger partial charge in [0.05, 0.1) is 5.69 Å². The fraction of sp³-hybridized carbons (Fsp3) is 0.269. The van der Waals surface area contributed by atoms with Crippen LogP contribution in [0.25, 0.3) is 5.69 Å². The van der Waals surface area contributed by atoms with Crippen molar-refractivity contribution in [3.8, 4) is 11.4 Å². The van der Waals surface area contributed by atoms with Crippen molar-refractivity contribution in [2.45, 2.75) is 33.9 Å². The summed E-state index contributed by atoms with van der Waals surface area (Å²) < 4.78 is 21.5. The summed E-state index contributed by atoms with van der Waals surface area (Å²) in [7, 11) is 1.55. The molecule has 0 atom stereocenters. The van der Waals surface area contributed by atoms with E-state index < -0.39 is 5.82 Å². The Kier molecular flexibility index (Phi) is 8.87. The van der Waals surface area contributed by atoms with E-state index in [4.69, 9.17) is 4.74 Å². The predicted molar refractivity (Wildman–Crippen MR) is 139 cm³/mol. The van der Waals surface area contributed by atoms with Gasteiger partial charge in [0.25, 0.3) is 11.5 Å². The molecule has 0 saturated carbocycles. The SMILES string of the molecule is CCNC(=O)NCc1cc(F)ccc1COc1cc(C)n(-c2cc(C(=O)NC)ccc2C)c(=O)c1Br. The van der Waals surface area contributed by atoms with E-state index in [1.807, 2.05) is 6.92 Å². The van der Waals surface area contributed by atoms with Gasteiger partial charge in [-0.05, 0) is 77.7 Å². The Bertz CT molecular complexity index is 1360. The summed E-state index contributed by atoms with van der Waals surface area (Å²) in [6.45, 7) is 6.07.